The molecule has 0 aliphatic carbocycles. The molecule has 0 fully saturated rings. The average molecular weight is 259 g/mol. The lowest BCUT2D eigenvalue weighted by Gasteiger charge is -2.12. The van der Waals surface area contributed by atoms with Gasteiger partial charge in [0.1, 0.15) is 11.9 Å². The van der Waals surface area contributed by atoms with Crippen molar-refractivity contribution in [3.05, 3.63) is 29.8 Å². The molecule has 0 aliphatic heterocycles. The maximum Gasteiger partial charge on any atom is 0.265 e. The molecule has 2 N–H and O–H groups in total. The van der Waals surface area contributed by atoms with Crippen molar-refractivity contribution in [2.24, 2.45) is 0 Å². The van der Waals surface area contributed by atoms with Crippen LogP contribution in [0.2, 0.25) is 0 Å². The van der Waals surface area contributed by atoms with Gasteiger partial charge in [-0.25, -0.2) is 8.78 Å². The number of carbonyl (C=O) groups is 1. The largest absolute Gasteiger partial charge is 0.493 e. The highest BCUT2D eigenvalue weighted by atomic mass is 19.3. The van der Waals surface area contributed by atoms with Gasteiger partial charge in [-0.2, -0.15) is 0 Å². The smallest absolute Gasteiger partial charge is 0.265 e. The van der Waals surface area contributed by atoms with Gasteiger partial charge in [0.05, 0.1) is 12.2 Å². The SMILES string of the molecule is CCOc1ccccc1C(=O)NCC(O)C(F)F. The molecule has 100 valence electrons. The fourth-order valence-corrected chi connectivity index (χ4v) is 1.32. The first-order chi connectivity index (χ1) is 8.56. The minimum atomic E-state index is -2.88. The van der Waals surface area contributed by atoms with E-state index in [9.17, 15) is 13.6 Å². The summed E-state index contributed by atoms with van der Waals surface area (Å²) in [5, 5.41) is 11.1. The van der Waals surface area contributed by atoms with E-state index in [0.29, 0.717) is 12.4 Å². The normalized spacial score (nSPS) is 12.3. The second kappa shape index (κ2) is 6.90. The van der Waals surface area contributed by atoms with Crippen LogP contribution in [0.25, 0.3) is 0 Å². The maximum atomic E-state index is 12.1. The van der Waals surface area contributed by atoms with Gasteiger partial charge in [-0.05, 0) is 19.1 Å². The van der Waals surface area contributed by atoms with Crippen LogP contribution in [0, 0.1) is 0 Å². The predicted molar refractivity (Wildman–Crippen MR) is 62.0 cm³/mol. The number of ether oxygens (including phenoxy) is 1. The van der Waals surface area contributed by atoms with Crippen molar-refractivity contribution in [2.45, 2.75) is 19.5 Å². The summed E-state index contributed by atoms with van der Waals surface area (Å²) in [7, 11) is 0. The number of aliphatic hydroxyl groups excluding tert-OH is 1. The molecule has 1 aromatic carbocycles. The molecule has 6 heteroatoms. The van der Waals surface area contributed by atoms with Crippen LogP contribution < -0.4 is 10.1 Å². The van der Waals surface area contributed by atoms with Gasteiger partial charge in [0.2, 0.25) is 0 Å². The Morgan fingerprint density at radius 1 is 1.44 bits per heavy atom. The van der Waals surface area contributed by atoms with Crippen LogP contribution >= 0.6 is 0 Å². The summed E-state index contributed by atoms with van der Waals surface area (Å²) in [5.74, 6) is -0.178. The molecule has 1 amide bonds. The number of para-hydroxylation sites is 1. The first-order valence-corrected chi connectivity index (χ1v) is 5.52. The summed E-state index contributed by atoms with van der Waals surface area (Å²) >= 11 is 0. The van der Waals surface area contributed by atoms with Gasteiger partial charge in [-0.15, -0.1) is 0 Å². The van der Waals surface area contributed by atoms with Crippen molar-refractivity contribution >= 4 is 5.91 Å². The molecule has 0 saturated carbocycles. The summed E-state index contributed by atoms with van der Waals surface area (Å²) in [5.41, 5.74) is 0.251. The molecule has 18 heavy (non-hydrogen) atoms. The summed E-state index contributed by atoms with van der Waals surface area (Å²) in [6.07, 6.45) is -4.75. The standard InChI is InChI=1S/C12H15F2NO3/c1-2-18-10-6-4-3-5-8(10)12(17)15-7-9(16)11(13)14/h3-6,9,11,16H,2,7H2,1H3,(H,15,17). The number of amides is 1. The maximum absolute atomic E-state index is 12.1. The Bertz CT molecular complexity index is 399. The molecule has 0 saturated heterocycles. The Balaban J connectivity index is 2.66. The van der Waals surface area contributed by atoms with Crippen molar-refractivity contribution in [3.8, 4) is 5.75 Å². The minimum absolute atomic E-state index is 0.251. The molecule has 0 aromatic heterocycles. The van der Waals surface area contributed by atoms with Gasteiger partial charge in [0.25, 0.3) is 12.3 Å². The van der Waals surface area contributed by atoms with Crippen LogP contribution in [0.3, 0.4) is 0 Å². The second-order valence-electron chi connectivity index (χ2n) is 3.54. The Hall–Kier alpha value is -1.69. The molecular formula is C12H15F2NO3. The second-order valence-corrected chi connectivity index (χ2v) is 3.54. The fraction of sp³-hybridized carbons (Fsp3) is 0.417. The van der Waals surface area contributed by atoms with Gasteiger partial charge in [-0.1, -0.05) is 12.1 Å². The summed E-state index contributed by atoms with van der Waals surface area (Å²) in [6, 6.07) is 6.48. The van der Waals surface area contributed by atoms with E-state index in [2.05, 4.69) is 5.32 Å². The molecule has 1 aromatic rings. The molecule has 0 spiro atoms. The van der Waals surface area contributed by atoms with Crippen LogP contribution in [0.4, 0.5) is 8.78 Å². The monoisotopic (exact) mass is 259 g/mol. The molecule has 0 aliphatic rings. The van der Waals surface area contributed by atoms with Crippen molar-refractivity contribution in [3.63, 3.8) is 0 Å². The lowest BCUT2D eigenvalue weighted by atomic mass is 10.2. The van der Waals surface area contributed by atoms with E-state index in [1.165, 1.54) is 6.07 Å². The summed E-state index contributed by atoms with van der Waals surface area (Å²) in [6.45, 7) is 1.66. The fourth-order valence-electron chi connectivity index (χ4n) is 1.32. The minimum Gasteiger partial charge on any atom is -0.493 e. The molecule has 4 nitrogen and oxygen atoms in total. The third-order valence-corrected chi connectivity index (χ3v) is 2.19. The zero-order valence-electron chi connectivity index (χ0n) is 9.90. The van der Waals surface area contributed by atoms with E-state index in [1.54, 1.807) is 25.1 Å². The summed E-state index contributed by atoms with van der Waals surface area (Å²) < 4.78 is 29.4. The van der Waals surface area contributed by atoms with Gasteiger partial charge < -0.3 is 15.2 Å². The molecular weight excluding hydrogens is 244 g/mol. The number of benzene rings is 1. The molecule has 0 radical (unpaired) electrons. The number of aliphatic hydroxyl groups is 1. The Morgan fingerprint density at radius 3 is 2.72 bits per heavy atom. The molecule has 1 rings (SSSR count). The highest BCUT2D eigenvalue weighted by molar-refractivity contribution is 5.96. The quantitative estimate of drug-likeness (QED) is 0.812. The van der Waals surface area contributed by atoms with E-state index in [-0.39, 0.29) is 5.56 Å². The number of hydrogen-bond acceptors (Lipinski definition) is 3. The lowest BCUT2D eigenvalue weighted by Crippen LogP contribution is -2.36. The van der Waals surface area contributed by atoms with Crippen LogP contribution in [-0.2, 0) is 0 Å². The van der Waals surface area contributed by atoms with Crippen LogP contribution in [0.15, 0.2) is 24.3 Å². The van der Waals surface area contributed by atoms with Gasteiger partial charge in [0.15, 0.2) is 0 Å². The Kier molecular flexibility index (Phi) is 5.51. The van der Waals surface area contributed by atoms with E-state index in [1.807, 2.05) is 0 Å². The molecule has 0 heterocycles. The van der Waals surface area contributed by atoms with Crippen molar-refractivity contribution in [1.82, 2.24) is 5.32 Å². The molecule has 1 unspecified atom stereocenters. The molecule has 0 bridgehead atoms. The van der Waals surface area contributed by atoms with E-state index >= 15 is 0 Å². The Morgan fingerprint density at radius 2 is 2.11 bits per heavy atom. The third kappa shape index (κ3) is 3.96. The number of hydrogen-bond donors (Lipinski definition) is 2. The number of halogens is 2. The molecule has 1 atom stereocenters. The number of carbonyl (C=O) groups excluding carboxylic acids is 1. The van der Waals surface area contributed by atoms with Gasteiger partial charge in [-0.3, -0.25) is 4.79 Å². The first-order valence-electron chi connectivity index (χ1n) is 5.52. The number of alkyl halides is 2. The zero-order chi connectivity index (χ0) is 13.5. The van der Waals surface area contributed by atoms with Crippen LogP contribution in [0.5, 0.6) is 5.75 Å². The van der Waals surface area contributed by atoms with Crippen LogP contribution in [-0.4, -0.2) is 36.7 Å². The summed E-state index contributed by atoms with van der Waals surface area (Å²) in [4.78, 5) is 11.7. The highest BCUT2D eigenvalue weighted by Gasteiger charge is 2.19. The van der Waals surface area contributed by atoms with Gasteiger partial charge in [0, 0.05) is 6.54 Å². The average Bonchev–Trinajstić information content (AvgIpc) is 2.36. The van der Waals surface area contributed by atoms with Crippen molar-refractivity contribution in [1.29, 1.82) is 0 Å². The first kappa shape index (κ1) is 14.4. The highest BCUT2D eigenvalue weighted by Crippen LogP contribution is 2.17. The zero-order valence-corrected chi connectivity index (χ0v) is 9.90. The predicted octanol–water partition coefficient (Wildman–Crippen LogP) is 1.44. The number of nitrogens with one attached hydrogen (secondary N) is 1. The van der Waals surface area contributed by atoms with E-state index in [4.69, 9.17) is 9.84 Å². The topological polar surface area (TPSA) is 58.6 Å². The van der Waals surface area contributed by atoms with Crippen molar-refractivity contribution in [2.75, 3.05) is 13.2 Å². The third-order valence-electron chi connectivity index (χ3n) is 2.19. The van der Waals surface area contributed by atoms with Gasteiger partial charge >= 0.3 is 0 Å². The van der Waals surface area contributed by atoms with E-state index in [0.717, 1.165) is 0 Å². The van der Waals surface area contributed by atoms with E-state index < -0.39 is 25.0 Å². The number of rotatable bonds is 6. The van der Waals surface area contributed by atoms with Crippen molar-refractivity contribution < 1.29 is 23.4 Å². The lowest BCUT2D eigenvalue weighted by molar-refractivity contribution is -0.00271. The van der Waals surface area contributed by atoms with Crippen LogP contribution in [0.1, 0.15) is 17.3 Å². The Labute approximate surface area is 104 Å².